The van der Waals surface area contributed by atoms with Crippen molar-refractivity contribution in [3.05, 3.63) is 35.9 Å². The Morgan fingerprint density at radius 3 is 2.27 bits per heavy atom. The van der Waals surface area contributed by atoms with E-state index in [0.717, 1.165) is 0 Å². The molecule has 0 N–H and O–H groups in total. The molecule has 0 amide bonds. The van der Waals surface area contributed by atoms with E-state index < -0.39 is 5.97 Å². The molecule has 4 heteroatoms. The van der Waals surface area contributed by atoms with Gasteiger partial charge < -0.3 is 10.1 Å². The molecule has 0 aliphatic heterocycles. The van der Waals surface area contributed by atoms with Gasteiger partial charge in [0.25, 0.3) is 0 Å². The molecular weight excluding hydrogens is 171 g/mol. The first kappa shape index (κ1) is 11.3. The molecule has 0 bridgehead atoms. The fraction of sp³-hybridized carbons (Fsp3) is 0. The van der Waals surface area contributed by atoms with Gasteiger partial charge in [-0.1, -0.05) is 18.2 Å². The minimum absolute atomic E-state index is 0. The van der Waals surface area contributed by atoms with Crippen LogP contribution < -0.4 is 56.6 Å². The van der Waals surface area contributed by atoms with Crippen molar-refractivity contribution in [1.82, 2.24) is 0 Å². The van der Waals surface area contributed by atoms with Gasteiger partial charge in [-0.2, -0.15) is 0 Å². The van der Waals surface area contributed by atoms with Gasteiger partial charge in [-0.3, -0.25) is 0 Å². The summed E-state index contributed by atoms with van der Waals surface area (Å²) >= 11 is 0. The number of hydrogen-bond donors (Lipinski definition) is 0. The molecule has 52 valence electrons. The molecular formula is C7H5KO3. The van der Waals surface area contributed by atoms with E-state index in [4.69, 9.17) is 0 Å². The Balaban J connectivity index is 0.000001000. The maximum Gasteiger partial charge on any atom is 1.00 e. The van der Waals surface area contributed by atoms with Crippen LogP contribution in [0.25, 0.3) is 0 Å². The van der Waals surface area contributed by atoms with Gasteiger partial charge in [-0.15, -0.1) is 0 Å². The van der Waals surface area contributed by atoms with Crippen LogP contribution in [0.4, 0.5) is 0 Å². The second kappa shape index (κ2) is 5.88. The summed E-state index contributed by atoms with van der Waals surface area (Å²) in [5.74, 6) is -0.847. The van der Waals surface area contributed by atoms with Gasteiger partial charge in [-0.05, 0) is 12.1 Å². The molecule has 11 heavy (non-hydrogen) atoms. The van der Waals surface area contributed by atoms with Crippen LogP contribution >= 0.6 is 0 Å². The van der Waals surface area contributed by atoms with E-state index >= 15 is 0 Å². The summed E-state index contributed by atoms with van der Waals surface area (Å²) in [6.07, 6.45) is 0. The molecule has 0 fully saturated rings. The summed E-state index contributed by atoms with van der Waals surface area (Å²) in [4.78, 5) is 13.7. The molecule has 0 saturated heterocycles. The number of carbonyl (C=O) groups excluding carboxylic acids is 1. The smallest absolute Gasteiger partial charge is 0.661 e. The van der Waals surface area contributed by atoms with Crippen molar-refractivity contribution in [1.29, 1.82) is 0 Å². The van der Waals surface area contributed by atoms with Gasteiger partial charge in [0.1, 0.15) is 0 Å². The number of carbonyl (C=O) groups is 1. The largest absolute Gasteiger partial charge is 1.00 e. The third-order valence-electron chi connectivity index (χ3n) is 1.09. The second-order valence-electron chi connectivity index (χ2n) is 1.74. The topological polar surface area (TPSA) is 49.4 Å². The van der Waals surface area contributed by atoms with E-state index in [0.29, 0.717) is 0 Å². The molecule has 1 aromatic rings. The summed E-state index contributed by atoms with van der Waals surface area (Å²) < 4.78 is 0. The Hall–Kier alpha value is 0.286. The predicted molar refractivity (Wildman–Crippen MR) is 31.9 cm³/mol. The fourth-order valence-corrected chi connectivity index (χ4v) is 0.622. The first-order valence-electron chi connectivity index (χ1n) is 2.74. The van der Waals surface area contributed by atoms with Crippen molar-refractivity contribution in [3.63, 3.8) is 0 Å². The Morgan fingerprint density at radius 2 is 1.82 bits per heavy atom. The van der Waals surface area contributed by atoms with Gasteiger partial charge in [-0.25, -0.2) is 4.79 Å². The van der Waals surface area contributed by atoms with E-state index in [1.807, 2.05) is 0 Å². The fourth-order valence-electron chi connectivity index (χ4n) is 0.622. The van der Waals surface area contributed by atoms with Crippen LogP contribution in [0.2, 0.25) is 0 Å². The van der Waals surface area contributed by atoms with Crippen molar-refractivity contribution < 1.29 is 66.3 Å². The van der Waals surface area contributed by atoms with Crippen LogP contribution in [-0.4, -0.2) is 5.97 Å². The molecule has 0 saturated carbocycles. The SMILES string of the molecule is O=C(O[O-])c1ccccc1.[K+]. The van der Waals surface area contributed by atoms with Crippen LogP contribution in [-0.2, 0) is 4.89 Å². The third kappa shape index (κ3) is 3.46. The average molecular weight is 176 g/mol. The van der Waals surface area contributed by atoms with Crippen molar-refractivity contribution in [3.8, 4) is 0 Å². The van der Waals surface area contributed by atoms with Gasteiger partial charge >= 0.3 is 57.4 Å². The summed E-state index contributed by atoms with van der Waals surface area (Å²) in [5, 5.41) is 9.58. The van der Waals surface area contributed by atoms with Crippen LogP contribution in [0.3, 0.4) is 0 Å². The van der Waals surface area contributed by atoms with Crippen molar-refractivity contribution in [2.24, 2.45) is 0 Å². The summed E-state index contributed by atoms with van der Waals surface area (Å²) in [6, 6.07) is 8.10. The Labute approximate surface area is 107 Å². The number of rotatable bonds is 1. The third-order valence-corrected chi connectivity index (χ3v) is 1.09. The maximum atomic E-state index is 10.5. The van der Waals surface area contributed by atoms with E-state index in [2.05, 4.69) is 4.89 Å². The molecule has 1 rings (SSSR count). The number of benzene rings is 1. The molecule has 0 unspecified atom stereocenters. The first-order valence-corrected chi connectivity index (χ1v) is 2.74. The predicted octanol–water partition coefficient (Wildman–Crippen LogP) is -2.88. The normalized spacial score (nSPS) is 8.09. The average Bonchev–Trinajstić information content (AvgIpc) is 2.05. The maximum absolute atomic E-state index is 10.5. The standard InChI is InChI=1S/C7H6O3.K/c8-7(10-9)6-4-2-1-3-5-6;/h1-5,9H;/q;+1/p-1. The summed E-state index contributed by atoms with van der Waals surface area (Å²) in [6.45, 7) is 0. The van der Waals surface area contributed by atoms with Crippen molar-refractivity contribution in [2.75, 3.05) is 0 Å². The molecule has 0 aliphatic carbocycles. The molecule has 0 aromatic heterocycles. The van der Waals surface area contributed by atoms with Crippen molar-refractivity contribution in [2.45, 2.75) is 0 Å². The van der Waals surface area contributed by atoms with E-state index in [9.17, 15) is 10.1 Å². The van der Waals surface area contributed by atoms with Crippen LogP contribution in [0.15, 0.2) is 30.3 Å². The molecule has 0 spiro atoms. The van der Waals surface area contributed by atoms with E-state index in [-0.39, 0.29) is 56.9 Å². The molecule has 0 heterocycles. The zero-order chi connectivity index (χ0) is 7.40. The minimum atomic E-state index is -0.847. The first-order chi connectivity index (χ1) is 4.84. The van der Waals surface area contributed by atoms with E-state index in [1.54, 1.807) is 18.2 Å². The minimum Gasteiger partial charge on any atom is -0.661 e. The molecule has 3 nitrogen and oxygen atoms in total. The van der Waals surface area contributed by atoms with Crippen LogP contribution in [0.1, 0.15) is 10.4 Å². The molecule has 0 atom stereocenters. The van der Waals surface area contributed by atoms with Crippen molar-refractivity contribution >= 4 is 5.97 Å². The van der Waals surface area contributed by atoms with Gasteiger partial charge in [0.2, 0.25) is 0 Å². The second-order valence-corrected chi connectivity index (χ2v) is 1.74. The van der Waals surface area contributed by atoms with Gasteiger partial charge in [0, 0.05) is 0 Å². The van der Waals surface area contributed by atoms with Crippen LogP contribution in [0, 0.1) is 0 Å². The Bertz CT molecular complexity index is 222. The Kier molecular flexibility index (Phi) is 6.03. The Morgan fingerprint density at radius 1 is 1.27 bits per heavy atom. The van der Waals surface area contributed by atoms with Gasteiger partial charge in [0.15, 0.2) is 0 Å². The zero-order valence-electron chi connectivity index (χ0n) is 6.11. The van der Waals surface area contributed by atoms with Crippen LogP contribution in [0.5, 0.6) is 0 Å². The number of hydrogen-bond acceptors (Lipinski definition) is 3. The molecule has 0 aliphatic rings. The molecule has 0 radical (unpaired) electrons. The van der Waals surface area contributed by atoms with Gasteiger partial charge in [0.05, 0.1) is 5.56 Å². The molecule has 1 aromatic carbocycles. The summed E-state index contributed by atoms with van der Waals surface area (Å²) in [7, 11) is 0. The van der Waals surface area contributed by atoms with E-state index in [1.165, 1.54) is 12.1 Å². The monoisotopic (exact) mass is 176 g/mol. The zero-order valence-corrected chi connectivity index (χ0v) is 9.23. The summed E-state index contributed by atoms with van der Waals surface area (Å²) in [5.41, 5.74) is 0.275. The quantitative estimate of drug-likeness (QED) is 0.262.